The number of halogens is 6. The number of primary amides is 1. The van der Waals surface area contributed by atoms with E-state index in [-0.39, 0.29) is 56.5 Å². The number of fused-ring (bicyclic) bond motifs is 2. The molecule has 0 saturated carbocycles. The molecule has 6 rings (SSSR count). The Morgan fingerprint density at radius 2 is 1.68 bits per heavy atom. The lowest BCUT2D eigenvalue weighted by atomic mass is 10.1. The van der Waals surface area contributed by atoms with Gasteiger partial charge in [0.1, 0.15) is 17.4 Å². The number of alkyl halides is 3. The molecule has 0 aliphatic rings. The molecule has 0 bridgehead atoms. The van der Waals surface area contributed by atoms with Gasteiger partial charge in [-0.25, -0.2) is 31.3 Å². The number of ether oxygens (including phenoxy) is 3. The van der Waals surface area contributed by atoms with Gasteiger partial charge in [0.05, 0.1) is 59.9 Å². The Morgan fingerprint density at radius 1 is 1.00 bits per heavy atom. The highest BCUT2D eigenvalue weighted by molar-refractivity contribution is 7.92. The first-order valence-corrected chi connectivity index (χ1v) is 18.9. The van der Waals surface area contributed by atoms with Crippen LogP contribution in [0.15, 0.2) is 71.5 Å². The number of carbonyl (C=O) groups is 1. The van der Waals surface area contributed by atoms with E-state index in [9.17, 15) is 40.0 Å². The summed E-state index contributed by atoms with van der Waals surface area (Å²) < 4.78 is 113. The second-order valence-electron chi connectivity index (χ2n) is 12.6. The molecule has 0 aliphatic heterocycles. The van der Waals surface area contributed by atoms with Gasteiger partial charge in [-0.2, -0.15) is 23.3 Å². The number of rotatable bonds is 13. The van der Waals surface area contributed by atoms with Crippen LogP contribution in [0.1, 0.15) is 29.5 Å². The van der Waals surface area contributed by atoms with Gasteiger partial charge in [-0.15, -0.1) is 0 Å². The van der Waals surface area contributed by atoms with Crippen molar-refractivity contribution in [2.75, 3.05) is 24.3 Å². The number of pyridine rings is 1. The third-order valence-corrected chi connectivity index (χ3v) is 9.94. The average molecular weight is 836 g/mol. The van der Waals surface area contributed by atoms with Crippen molar-refractivity contribution in [2.24, 2.45) is 12.8 Å². The standard InChI is InChI=1S/C36H31ClF5N7O7S/c1-47-30-26(10-9-25(37)29(30)33(46-47)48(57(3,52)53)18-19-4-6-23(54-2)7-5-19)49-32(27(56-35(43)51)16-20-14-21(38)17-22(39)15-20)45-31-24(34(49)50)8-11-28(44-31)55-13-12-36(40,41)42/h4-11,14-15,17,27H,12-13,16,18H2,1-3H3,(H2,43,51)/t27-/m0/s1. The van der Waals surface area contributed by atoms with Crippen molar-refractivity contribution in [1.29, 1.82) is 0 Å². The molecule has 3 heterocycles. The minimum Gasteiger partial charge on any atom is -0.497 e. The fourth-order valence-electron chi connectivity index (χ4n) is 6.07. The van der Waals surface area contributed by atoms with Crippen molar-refractivity contribution in [3.63, 3.8) is 0 Å². The van der Waals surface area contributed by atoms with Crippen molar-refractivity contribution < 1.29 is 49.4 Å². The smallest absolute Gasteiger partial charge is 0.405 e. The SMILES string of the molecule is COc1ccc(CN(c2nn(C)c3c(-n4c([C@H](Cc5cc(F)cc(F)c5)OC(N)=O)nc5nc(OCCC(F)(F)F)ccc5c4=O)ccc(Cl)c23)S(C)(=O)=O)cc1. The summed E-state index contributed by atoms with van der Waals surface area (Å²) in [5.41, 5.74) is 4.75. The number of hydrogen-bond acceptors (Lipinski definition) is 10. The largest absolute Gasteiger partial charge is 0.497 e. The van der Waals surface area contributed by atoms with Crippen LogP contribution in [-0.4, -0.2) is 65.0 Å². The summed E-state index contributed by atoms with van der Waals surface area (Å²) in [7, 11) is -1.13. The molecule has 57 heavy (non-hydrogen) atoms. The lowest BCUT2D eigenvalue weighted by molar-refractivity contribution is -0.139. The molecule has 14 nitrogen and oxygen atoms in total. The monoisotopic (exact) mass is 835 g/mol. The number of anilines is 1. The number of aryl methyl sites for hydroxylation is 1. The van der Waals surface area contributed by atoms with Gasteiger partial charge in [0.15, 0.2) is 23.4 Å². The zero-order chi connectivity index (χ0) is 41.4. The molecule has 0 aliphatic carbocycles. The fraction of sp³-hybridized carbons (Fsp3) is 0.250. The zero-order valence-electron chi connectivity index (χ0n) is 30.1. The highest BCUT2D eigenvalue weighted by atomic mass is 35.5. The number of sulfonamides is 1. The fourth-order valence-corrected chi connectivity index (χ4v) is 7.14. The topological polar surface area (TPSA) is 174 Å². The van der Waals surface area contributed by atoms with Crippen LogP contribution in [0.2, 0.25) is 5.02 Å². The van der Waals surface area contributed by atoms with E-state index >= 15 is 0 Å². The van der Waals surface area contributed by atoms with Crippen molar-refractivity contribution in [2.45, 2.75) is 31.7 Å². The van der Waals surface area contributed by atoms with Crippen LogP contribution in [0.3, 0.4) is 0 Å². The Balaban J connectivity index is 1.60. The Morgan fingerprint density at radius 3 is 2.30 bits per heavy atom. The molecule has 3 aromatic heterocycles. The second kappa shape index (κ2) is 15.8. The van der Waals surface area contributed by atoms with E-state index in [0.717, 1.165) is 33.3 Å². The number of nitrogens with two attached hydrogens (primary N) is 1. The Hall–Kier alpha value is -6.02. The summed E-state index contributed by atoms with van der Waals surface area (Å²) in [5, 5.41) is 4.41. The lowest BCUT2D eigenvalue weighted by Gasteiger charge is -2.22. The predicted octanol–water partition coefficient (Wildman–Crippen LogP) is 6.28. The minimum absolute atomic E-state index is 0.0195. The van der Waals surface area contributed by atoms with Crippen LogP contribution in [-0.2, 0) is 34.8 Å². The van der Waals surface area contributed by atoms with Crippen LogP contribution in [0, 0.1) is 11.6 Å². The van der Waals surface area contributed by atoms with Gasteiger partial charge < -0.3 is 19.9 Å². The predicted molar refractivity (Wildman–Crippen MR) is 198 cm³/mol. The van der Waals surface area contributed by atoms with Crippen LogP contribution in [0.4, 0.5) is 32.6 Å². The molecule has 0 unspecified atom stereocenters. The zero-order valence-corrected chi connectivity index (χ0v) is 31.6. The van der Waals surface area contributed by atoms with Gasteiger partial charge in [0, 0.05) is 25.6 Å². The first-order valence-electron chi connectivity index (χ1n) is 16.6. The molecule has 21 heteroatoms. The lowest BCUT2D eigenvalue weighted by Crippen LogP contribution is -2.30. The van der Waals surface area contributed by atoms with Crippen molar-refractivity contribution in [1.82, 2.24) is 24.3 Å². The minimum atomic E-state index is -4.53. The van der Waals surface area contributed by atoms with E-state index in [0.29, 0.717) is 17.4 Å². The number of carbonyl (C=O) groups excluding carboxylic acids is 1. The second-order valence-corrected chi connectivity index (χ2v) is 14.9. The molecular formula is C36H31ClF5N7O7S. The molecule has 1 amide bonds. The van der Waals surface area contributed by atoms with E-state index in [1.54, 1.807) is 24.3 Å². The molecular weight excluding hydrogens is 805 g/mol. The van der Waals surface area contributed by atoms with E-state index in [1.807, 2.05) is 0 Å². The highest BCUT2D eigenvalue weighted by Gasteiger charge is 2.31. The van der Waals surface area contributed by atoms with Crippen molar-refractivity contribution in [3.8, 4) is 17.3 Å². The molecule has 0 saturated heterocycles. The van der Waals surface area contributed by atoms with Crippen LogP contribution >= 0.6 is 11.6 Å². The van der Waals surface area contributed by atoms with Crippen LogP contribution in [0.25, 0.3) is 27.6 Å². The summed E-state index contributed by atoms with van der Waals surface area (Å²) in [6.45, 7) is -1.00. The summed E-state index contributed by atoms with van der Waals surface area (Å²) in [5.74, 6) is -2.27. The van der Waals surface area contributed by atoms with Gasteiger partial charge >= 0.3 is 12.3 Å². The van der Waals surface area contributed by atoms with E-state index in [2.05, 4.69) is 15.1 Å². The molecule has 2 N–H and O–H groups in total. The van der Waals surface area contributed by atoms with Crippen molar-refractivity contribution in [3.05, 3.63) is 111 Å². The highest BCUT2D eigenvalue weighted by Crippen LogP contribution is 2.38. The number of amides is 1. The van der Waals surface area contributed by atoms with Gasteiger partial charge in [-0.3, -0.25) is 14.0 Å². The van der Waals surface area contributed by atoms with Crippen molar-refractivity contribution >= 4 is 55.5 Å². The van der Waals surface area contributed by atoms with Gasteiger partial charge in [-0.05, 0) is 53.6 Å². The first kappa shape index (κ1) is 40.6. The molecule has 0 fully saturated rings. The first-order chi connectivity index (χ1) is 26.8. The van der Waals surface area contributed by atoms with Gasteiger partial charge in [0.25, 0.3) is 5.56 Å². The molecule has 6 aromatic rings. The number of nitrogens with zero attached hydrogens (tertiary/aromatic N) is 6. The Labute approximate surface area is 325 Å². The Kier molecular flexibility index (Phi) is 11.3. The van der Waals surface area contributed by atoms with E-state index in [1.165, 1.54) is 37.0 Å². The quantitative estimate of drug-likeness (QED) is 0.130. The van der Waals surface area contributed by atoms with Crippen LogP contribution < -0.4 is 25.1 Å². The number of methoxy groups -OCH3 is 1. The average Bonchev–Trinajstić information content (AvgIpc) is 3.46. The number of aromatic nitrogens is 5. The molecule has 1 atom stereocenters. The summed E-state index contributed by atoms with van der Waals surface area (Å²) in [4.78, 5) is 35.6. The molecule has 0 spiro atoms. The summed E-state index contributed by atoms with van der Waals surface area (Å²) in [6, 6.07) is 14.2. The van der Waals surface area contributed by atoms with E-state index < -0.39 is 70.9 Å². The number of benzene rings is 3. The summed E-state index contributed by atoms with van der Waals surface area (Å²) in [6.07, 6.45) is -8.41. The maximum Gasteiger partial charge on any atom is 0.405 e. The third-order valence-electron chi connectivity index (χ3n) is 8.52. The van der Waals surface area contributed by atoms with Crippen LogP contribution in [0.5, 0.6) is 11.6 Å². The molecule has 300 valence electrons. The Bertz CT molecular complexity index is 2660. The summed E-state index contributed by atoms with van der Waals surface area (Å²) >= 11 is 6.76. The van der Waals surface area contributed by atoms with E-state index in [4.69, 9.17) is 31.5 Å². The maximum absolute atomic E-state index is 14.6. The van der Waals surface area contributed by atoms with Gasteiger partial charge in [0.2, 0.25) is 15.9 Å². The molecule has 0 radical (unpaired) electrons. The normalized spacial score (nSPS) is 12.5. The number of hydrogen-bond donors (Lipinski definition) is 1. The van der Waals surface area contributed by atoms with Gasteiger partial charge in [-0.1, -0.05) is 23.7 Å². The molecule has 3 aromatic carbocycles. The third kappa shape index (κ3) is 9.01. The maximum atomic E-state index is 14.6.